The van der Waals surface area contributed by atoms with E-state index in [4.69, 9.17) is 17.2 Å². The lowest BCUT2D eigenvalue weighted by atomic mass is 10.0. The molecule has 202 valence electrons. The molecule has 0 spiro atoms. The number of guanidine groups is 1. The van der Waals surface area contributed by atoms with Gasteiger partial charge in [-0.3, -0.25) is 19.4 Å². The molecule has 12 N–H and O–H groups in total. The second kappa shape index (κ2) is 13.8. The van der Waals surface area contributed by atoms with Gasteiger partial charge in [0.1, 0.15) is 12.1 Å². The molecule has 0 radical (unpaired) electrons. The highest BCUT2D eigenvalue weighted by Gasteiger charge is 2.29. The summed E-state index contributed by atoms with van der Waals surface area (Å²) >= 11 is 0. The highest BCUT2D eigenvalue weighted by molar-refractivity contribution is 5.93. The van der Waals surface area contributed by atoms with Crippen LogP contribution in [0.15, 0.2) is 35.5 Å². The number of H-pyrrole nitrogens is 1. The Morgan fingerprint density at radius 3 is 2.46 bits per heavy atom. The molecule has 2 rings (SSSR count). The third kappa shape index (κ3) is 9.09. The lowest BCUT2D eigenvalue weighted by Gasteiger charge is -2.23. The molecule has 0 saturated heterocycles. The molecule has 0 saturated carbocycles. The minimum Gasteiger partial charge on any atom is -0.480 e. The van der Waals surface area contributed by atoms with Crippen molar-refractivity contribution in [2.24, 2.45) is 22.2 Å². The number of fused-ring (bicyclic) bond motifs is 1. The Hall–Kier alpha value is -4.17. The number of para-hydroxylation sites is 1. The molecule has 3 amide bonds. The third-order valence-electron chi connectivity index (χ3n) is 5.52. The van der Waals surface area contributed by atoms with Crippen LogP contribution in [-0.2, 0) is 25.6 Å². The van der Waals surface area contributed by atoms with Gasteiger partial charge in [0.25, 0.3) is 0 Å². The number of nitrogens with two attached hydrogens (primary N) is 3. The normalized spacial score (nSPS) is 14.1. The van der Waals surface area contributed by atoms with Gasteiger partial charge in [0.05, 0.1) is 18.7 Å². The maximum atomic E-state index is 12.6. The predicted molar refractivity (Wildman–Crippen MR) is 136 cm³/mol. The zero-order chi connectivity index (χ0) is 27.5. The summed E-state index contributed by atoms with van der Waals surface area (Å²) in [6, 6.07) is 3.91. The zero-order valence-corrected chi connectivity index (χ0v) is 20.4. The third-order valence-corrected chi connectivity index (χ3v) is 5.52. The number of carboxylic acids is 1. The zero-order valence-electron chi connectivity index (χ0n) is 20.4. The van der Waals surface area contributed by atoms with Gasteiger partial charge in [0.15, 0.2) is 5.96 Å². The SMILES string of the molecule is CC(O)C(NC(=O)C(N)Cc1c[nH]c2ccccc12)C(=O)NCC(=O)NC(CCCN=C(N)N)C(=O)O. The van der Waals surface area contributed by atoms with Gasteiger partial charge in [0, 0.05) is 23.6 Å². The summed E-state index contributed by atoms with van der Waals surface area (Å²) in [5, 5.41) is 27.2. The summed E-state index contributed by atoms with van der Waals surface area (Å²) in [7, 11) is 0. The molecule has 14 heteroatoms. The molecule has 0 aliphatic heterocycles. The first-order valence-electron chi connectivity index (χ1n) is 11.6. The number of rotatable bonds is 14. The first-order chi connectivity index (χ1) is 17.5. The molecular weight excluding hydrogens is 484 g/mol. The van der Waals surface area contributed by atoms with E-state index >= 15 is 0 Å². The fourth-order valence-electron chi connectivity index (χ4n) is 3.58. The summed E-state index contributed by atoms with van der Waals surface area (Å²) in [6.07, 6.45) is 1.00. The van der Waals surface area contributed by atoms with Crippen molar-refractivity contribution in [1.82, 2.24) is 20.9 Å². The van der Waals surface area contributed by atoms with Gasteiger partial charge in [-0.25, -0.2) is 4.79 Å². The topological polar surface area (TPSA) is 251 Å². The number of hydrogen-bond donors (Lipinski definition) is 9. The van der Waals surface area contributed by atoms with Crippen molar-refractivity contribution in [3.8, 4) is 0 Å². The molecule has 0 fully saturated rings. The van der Waals surface area contributed by atoms with Crippen molar-refractivity contribution >= 4 is 40.6 Å². The van der Waals surface area contributed by atoms with Crippen molar-refractivity contribution in [3.05, 3.63) is 36.0 Å². The van der Waals surface area contributed by atoms with Crippen LogP contribution in [0.2, 0.25) is 0 Å². The van der Waals surface area contributed by atoms with E-state index in [1.807, 2.05) is 24.3 Å². The number of aliphatic hydroxyl groups is 1. The Labute approximate surface area is 213 Å². The van der Waals surface area contributed by atoms with E-state index in [0.717, 1.165) is 16.5 Å². The number of nitrogens with zero attached hydrogens (tertiary/aromatic N) is 1. The number of aromatic nitrogens is 1. The molecule has 2 aromatic rings. The van der Waals surface area contributed by atoms with Crippen LogP contribution in [-0.4, -0.2) is 82.2 Å². The summed E-state index contributed by atoms with van der Waals surface area (Å²) in [5.41, 5.74) is 18.2. The largest absolute Gasteiger partial charge is 0.480 e. The highest BCUT2D eigenvalue weighted by atomic mass is 16.4. The number of carboxylic acid groups (broad SMARTS) is 1. The van der Waals surface area contributed by atoms with Crippen LogP contribution >= 0.6 is 0 Å². The lowest BCUT2D eigenvalue weighted by molar-refractivity contribution is -0.142. The van der Waals surface area contributed by atoms with E-state index in [2.05, 4.69) is 25.9 Å². The molecule has 14 nitrogen and oxygen atoms in total. The second-order valence-electron chi connectivity index (χ2n) is 8.52. The molecule has 1 heterocycles. The van der Waals surface area contributed by atoms with Crippen LogP contribution in [0.1, 0.15) is 25.3 Å². The number of aliphatic imine (C=N–C) groups is 1. The molecule has 1 aromatic heterocycles. The first-order valence-corrected chi connectivity index (χ1v) is 11.6. The summed E-state index contributed by atoms with van der Waals surface area (Å²) < 4.78 is 0. The smallest absolute Gasteiger partial charge is 0.326 e. The van der Waals surface area contributed by atoms with E-state index in [0.29, 0.717) is 6.42 Å². The number of amides is 3. The molecule has 4 atom stereocenters. The minimum atomic E-state index is -1.39. The molecule has 4 unspecified atom stereocenters. The monoisotopic (exact) mass is 518 g/mol. The van der Waals surface area contributed by atoms with E-state index < -0.39 is 54.5 Å². The molecule has 0 aliphatic rings. The number of carbonyl (C=O) groups excluding carboxylic acids is 3. The Bertz CT molecular complexity index is 1130. The van der Waals surface area contributed by atoms with Crippen molar-refractivity contribution in [3.63, 3.8) is 0 Å². The molecule has 1 aromatic carbocycles. The minimum absolute atomic E-state index is 0.0620. The summed E-state index contributed by atoms with van der Waals surface area (Å²) in [6.45, 7) is 0.917. The molecular formula is C23H34N8O6. The average Bonchev–Trinajstić information content (AvgIpc) is 3.24. The van der Waals surface area contributed by atoms with E-state index in [9.17, 15) is 29.4 Å². The molecule has 0 bridgehead atoms. The number of carbonyl (C=O) groups is 4. The molecule has 0 aliphatic carbocycles. The van der Waals surface area contributed by atoms with Gasteiger partial charge >= 0.3 is 5.97 Å². The number of nitrogens with one attached hydrogen (secondary N) is 4. The average molecular weight is 519 g/mol. The number of aliphatic carboxylic acids is 1. The van der Waals surface area contributed by atoms with E-state index in [1.165, 1.54) is 6.92 Å². The maximum Gasteiger partial charge on any atom is 0.326 e. The van der Waals surface area contributed by atoms with Crippen LogP contribution in [0.3, 0.4) is 0 Å². The van der Waals surface area contributed by atoms with E-state index in [-0.39, 0.29) is 25.3 Å². The Morgan fingerprint density at radius 1 is 1.11 bits per heavy atom. The Kier molecular flexibility index (Phi) is 10.8. The van der Waals surface area contributed by atoms with Crippen LogP contribution < -0.4 is 33.2 Å². The van der Waals surface area contributed by atoms with E-state index in [1.54, 1.807) is 6.20 Å². The molecule has 37 heavy (non-hydrogen) atoms. The fourth-order valence-corrected chi connectivity index (χ4v) is 3.58. The van der Waals surface area contributed by atoms with Crippen LogP contribution in [0, 0.1) is 0 Å². The Balaban J connectivity index is 1.88. The lowest BCUT2D eigenvalue weighted by Crippen LogP contribution is -2.57. The van der Waals surface area contributed by atoms with Gasteiger partial charge in [-0.15, -0.1) is 0 Å². The van der Waals surface area contributed by atoms with Gasteiger partial charge in [-0.2, -0.15) is 0 Å². The van der Waals surface area contributed by atoms with Crippen LogP contribution in [0.25, 0.3) is 10.9 Å². The van der Waals surface area contributed by atoms with Crippen molar-refractivity contribution in [2.75, 3.05) is 13.1 Å². The van der Waals surface area contributed by atoms with Gasteiger partial charge in [-0.1, -0.05) is 18.2 Å². The maximum absolute atomic E-state index is 12.6. The predicted octanol–water partition coefficient (Wildman–Crippen LogP) is -2.36. The fraction of sp³-hybridized carbons (Fsp3) is 0.435. The highest BCUT2D eigenvalue weighted by Crippen LogP contribution is 2.18. The van der Waals surface area contributed by atoms with Gasteiger partial charge < -0.3 is 48.3 Å². The van der Waals surface area contributed by atoms with Crippen molar-refractivity contribution in [1.29, 1.82) is 0 Å². The first kappa shape index (κ1) is 29.1. The summed E-state index contributed by atoms with van der Waals surface area (Å²) in [4.78, 5) is 55.6. The quantitative estimate of drug-likeness (QED) is 0.0735. The number of aromatic amines is 1. The number of benzene rings is 1. The second-order valence-corrected chi connectivity index (χ2v) is 8.52. The van der Waals surface area contributed by atoms with Crippen LogP contribution in [0.4, 0.5) is 0 Å². The van der Waals surface area contributed by atoms with Gasteiger partial charge in [-0.05, 0) is 37.8 Å². The van der Waals surface area contributed by atoms with Crippen molar-refractivity contribution < 1.29 is 29.4 Å². The van der Waals surface area contributed by atoms with Crippen LogP contribution in [0.5, 0.6) is 0 Å². The van der Waals surface area contributed by atoms with Gasteiger partial charge in [0.2, 0.25) is 17.7 Å². The van der Waals surface area contributed by atoms with Crippen molar-refractivity contribution in [2.45, 2.75) is 50.4 Å². The summed E-state index contributed by atoms with van der Waals surface area (Å²) in [5.74, 6) is -3.66. The number of hydrogen-bond acceptors (Lipinski definition) is 7. The Morgan fingerprint density at radius 2 is 1.81 bits per heavy atom. The number of aliphatic hydroxyl groups excluding tert-OH is 1. The standard InChI is InChI=1S/C23H34N8O6/c1-12(32)19(31-20(34)15(24)9-13-10-28-16-6-3-2-5-14(13)16)21(35)29-11-18(33)30-17(22(36)37)7-4-8-27-23(25)26/h2-3,5-6,10,12,15,17,19,28,32H,4,7-9,11,24H2,1H3,(H,29,35)(H,30,33)(H,31,34)(H,36,37)(H4,25,26,27).